The molecule has 1 aliphatic rings. The van der Waals surface area contributed by atoms with Crippen molar-refractivity contribution in [1.29, 1.82) is 0 Å². The quantitative estimate of drug-likeness (QED) is 0.911. The van der Waals surface area contributed by atoms with E-state index >= 15 is 0 Å². The van der Waals surface area contributed by atoms with Crippen molar-refractivity contribution in [3.8, 4) is 0 Å². The molecule has 1 N–H and O–H groups in total. The van der Waals surface area contributed by atoms with Gasteiger partial charge in [-0.3, -0.25) is 0 Å². The number of piperidine rings is 1. The van der Waals surface area contributed by atoms with E-state index < -0.39 is 11.7 Å². The Morgan fingerprint density at radius 3 is 2.45 bits per heavy atom. The summed E-state index contributed by atoms with van der Waals surface area (Å²) in [6.07, 6.45) is 0.881. The Morgan fingerprint density at radius 1 is 1.32 bits per heavy atom. The molecule has 1 aromatic rings. The van der Waals surface area contributed by atoms with Crippen molar-refractivity contribution >= 4 is 6.09 Å². The summed E-state index contributed by atoms with van der Waals surface area (Å²) in [7, 11) is 0. The van der Waals surface area contributed by atoms with E-state index in [2.05, 4.69) is 31.2 Å². The minimum atomic E-state index is -0.547. The molecule has 0 unspecified atom stereocenters. The molecular formula is C18H27NO3. The van der Waals surface area contributed by atoms with E-state index in [4.69, 9.17) is 4.74 Å². The lowest BCUT2D eigenvalue weighted by Crippen LogP contribution is -2.47. The fourth-order valence-corrected chi connectivity index (χ4v) is 2.81. The molecule has 1 fully saturated rings. The lowest BCUT2D eigenvalue weighted by molar-refractivity contribution is -0.00151. The van der Waals surface area contributed by atoms with Gasteiger partial charge in [0.1, 0.15) is 5.60 Å². The monoisotopic (exact) mass is 305 g/mol. The van der Waals surface area contributed by atoms with Crippen LogP contribution in [0.25, 0.3) is 0 Å². The van der Waals surface area contributed by atoms with Crippen molar-refractivity contribution in [2.75, 3.05) is 13.1 Å². The van der Waals surface area contributed by atoms with Crippen LogP contribution >= 0.6 is 0 Å². The highest BCUT2D eigenvalue weighted by Gasteiger charge is 2.33. The summed E-state index contributed by atoms with van der Waals surface area (Å²) in [4.78, 5) is 13.7. The number of amides is 1. The second kappa shape index (κ2) is 6.69. The highest BCUT2D eigenvalue weighted by atomic mass is 16.6. The van der Waals surface area contributed by atoms with Gasteiger partial charge in [-0.2, -0.15) is 0 Å². The molecule has 0 saturated carbocycles. The van der Waals surface area contributed by atoms with Crippen LogP contribution in [0.15, 0.2) is 24.3 Å². The summed E-state index contributed by atoms with van der Waals surface area (Å²) >= 11 is 0. The minimum absolute atomic E-state index is 0.0876. The second-order valence-corrected chi connectivity index (χ2v) is 6.98. The summed E-state index contributed by atoms with van der Waals surface area (Å²) in [5, 5.41) is 10.4. The predicted molar refractivity (Wildman–Crippen MR) is 87.0 cm³/mol. The number of benzene rings is 1. The number of aryl methyl sites for hydroxylation is 1. The second-order valence-electron chi connectivity index (χ2n) is 6.98. The number of ether oxygens (including phenoxy) is 1. The SMILES string of the molecule is CCc1ccc([C@@H]2CCN(C(=O)OC(C)(C)C)C[C@H]2O)cc1. The first-order valence-electron chi connectivity index (χ1n) is 8.05. The largest absolute Gasteiger partial charge is 0.444 e. The van der Waals surface area contributed by atoms with E-state index in [1.54, 1.807) is 4.90 Å². The average molecular weight is 305 g/mol. The van der Waals surface area contributed by atoms with Gasteiger partial charge in [-0.25, -0.2) is 4.79 Å². The van der Waals surface area contributed by atoms with Crippen LogP contribution in [0.1, 0.15) is 51.2 Å². The summed E-state index contributed by atoms with van der Waals surface area (Å²) < 4.78 is 5.37. The zero-order chi connectivity index (χ0) is 16.3. The zero-order valence-electron chi connectivity index (χ0n) is 14.0. The minimum Gasteiger partial charge on any atom is -0.444 e. The maximum Gasteiger partial charge on any atom is 0.410 e. The molecule has 0 bridgehead atoms. The summed E-state index contributed by atoms with van der Waals surface area (Å²) in [6, 6.07) is 8.41. The van der Waals surface area contributed by atoms with Crippen LogP contribution in [0.4, 0.5) is 4.79 Å². The lowest BCUT2D eigenvalue weighted by Gasteiger charge is -2.37. The van der Waals surface area contributed by atoms with Gasteiger partial charge in [-0.15, -0.1) is 0 Å². The standard InChI is InChI=1S/C18H27NO3/c1-5-13-6-8-14(9-7-13)15-10-11-19(12-16(15)20)17(21)22-18(2,3)4/h6-9,15-16,20H,5,10-12H2,1-4H3/t15-,16+/m0/s1. The molecule has 4 nitrogen and oxygen atoms in total. The third-order valence-corrected chi connectivity index (χ3v) is 4.05. The van der Waals surface area contributed by atoms with Crippen molar-refractivity contribution < 1.29 is 14.6 Å². The van der Waals surface area contributed by atoms with Crippen molar-refractivity contribution in [3.05, 3.63) is 35.4 Å². The molecule has 0 spiro atoms. The van der Waals surface area contributed by atoms with E-state index in [1.165, 1.54) is 5.56 Å². The van der Waals surface area contributed by atoms with Gasteiger partial charge in [0, 0.05) is 12.5 Å². The first kappa shape index (κ1) is 16.8. The molecule has 4 heteroatoms. The molecule has 1 aromatic carbocycles. The molecule has 1 aliphatic heterocycles. The van der Waals surface area contributed by atoms with Gasteiger partial charge >= 0.3 is 6.09 Å². The van der Waals surface area contributed by atoms with Crippen molar-refractivity contribution in [3.63, 3.8) is 0 Å². The highest BCUT2D eigenvalue weighted by molar-refractivity contribution is 5.68. The van der Waals surface area contributed by atoms with Crippen LogP contribution in [0, 0.1) is 0 Å². The number of nitrogens with zero attached hydrogens (tertiary/aromatic N) is 1. The van der Waals surface area contributed by atoms with E-state index in [1.807, 2.05) is 20.8 Å². The van der Waals surface area contributed by atoms with Gasteiger partial charge in [0.15, 0.2) is 0 Å². The third-order valence-electron chi connectivity index (χ3n) is 4.05. The summed E-state index contributed by atoms with van der Waals surface area (Å²) in [5.74, 6) is 0.0876. The Kier molecular flexibility index (Phi) is 5.12. The van der Waals surface area contributed by atoms with Crippen LogP contribution in [0.2, 0.25) is 0 Å². The first-order valence-corrected chi connectivity index (χ1v) is 8.05. The predicted octanol–water partition coefficient (Wildman–Crippen LogP) is 3.33. The van der Waals surface area contributed by atoms with Gasteiger partial charge in [-0.1, -0.05) is 31.2 Å². The molecule has 0 aromatic heterocycles. The number of aliphatic hydroxyl groups excluding tert-OH is 1. The lowest BCUT2D eigenvalue weighted by atomic mass is 9.87. The van der Waals surface area contributed by atoms with Crippen LogP contribution in [0.5, 0.6) is 0 Å². The molecular weight excluding hydrogens is 278 g/mol. The Balaban J connectivity index is 1.98. The molecule has 2 atom stereocenters. The van der Waals surface area contributed by atoms with Crippen LogP contribution in [-0.4, -0.2) is 40.9 Å². The van der Waals surface area contributed by atoms with E-state index in [9.17, 15) is 9.90 Å². The van der Waals surface area contributed by atoms with E-state index in [-0.39, 0.29) is 12.0 Å². The Bertz CT molecular complexity index is 504. The topological polar surface area (TPSA) is 49.8 Å². The fraction of sp³-hybridized carbons (Fsp3) is 0.611. The third kappa shape index (κ3) is 4.23. The Morgan fingerprint density at radius 2 is 1.95 bits per heavy atom. The fourth-order valence-electron chi connectivity index (χ4n) is 2.81. The van der Waals surface area contributed by atoms with Crippen LogP contribution < -0.4 is 0 Å². The van der Waals surface area contributed by atoms with Crippen LogP contribution in [0.3, 0.4) is 0 Å². The Hall–Kier alpha value is -1.55. The molecule has 0 radical (unpaired) electrons. The number of rotatable bonds is 2. The molecule has 1 amide bonds. The maximum absolute atomic E-state index is 12.1. The number of carbonyl (C=O) groups excluding carboxylic acids is 1. The molecule has 22 heavy (non-hydrogen) atoms. The molecule has 1 heterocycles. The van der Waals surface area contributed by atoms with E-state index in [0.717, 1.165) is 18.4 Å². The molecule has 1 saturated heterocycles. The van der Waals surface area contributed by atoms with Gasteiger partial charge < -0.3 is 14.7 Å². The van der Waals surface area contributed by atoms with Gasteiger partial charge in [0.25, 0.3) is 0 Å². The number of hydrogen-bond donors (Lipinski definition) is 1. The van der Waals surface area contributed by atoms with E-state index in [0.29, 0.717) is 13.1 Å². The maximum atomic E-state index is 12.1. The summed E-state index contributed by atoms with van der Waals surface area (Å²) in [5.41, 5.74) is 1.94. The van der Waals surface area contributed by atoms with Crippen molar-refractivity contribution in [1.82, 2.24) is 4.90 Å². The van der Waals surface area contributed by atoms with Crippen molar-refractivity contribution in [2.24, 2.45) is 0 Å². The molecule has 2 rings (SSSR count). The normalized spacial score (nSPS) is 22.5. The smallest absolute Gasteiger partial charge is 0.410 e. The number of likely N-dealkylation sites (tertiary alicyclic amines) is 1. The average Bonchev–Trinajstić information content (AvgIpc) is 2.45. The number of aliphatic hydroxyl groups is 1. The van der Waals surface area contributed by atoms with Gasteiger partial charge in [0.05, 0.1) is 12.6 Å². The van der Waals surface area contributed by atoms with Crippen LogP contribution in [-0.2, 0) is 11.2 Å². The number of carbonyl (C=O) groups is 1. The Labute approximate surface area is 133 Å². The van der Waals surface area contributed by atoms with Gasteiger partial charge in [0.2, 0.25) is 0 Å². The molecule has 122 valence electrons. The number of hydrogen-bond acceptors (Lipinski definition) is 3. The zero-order valence-corrected chi connectivity index (χ0v) is 14.0. The van der Waals surface area contributed by atoms with Gasteiger partial charge in [-0.05, 0) is 44.7 Å². The number of β-amino-alcohol motifs (C(OH)–C–C–N with tert-alkyl or cyclic N) is 1. The highest BCUT2D eigenvalue weighted by Crippen LogP contribution is 2.29. The van der Waals surface area contributed by atoms with Crippen molar-refractivity contribution in [2.45, 2.75) is 58.2 Å². The first-order chi connectivity index (χ1) is 10.3. The summed E-state index contributed by atoms with van der Waals surface area (Å²) in [6.45, 7) is 8.63. The molecule has 0 aliphatic carbocycles.